The Bertz CT molecular complexity index is 524. The molecule has 6 nitrogen and oxygen atoms in total. The molecule has 1 aromatic heterocycles. The number of nitrogens with one attached hydrogen (secondary N) is 1. The molecule has 3 atom stereocenters. The molecule has 22 heavy (non-hydrogen) atoms. The van der Waals surface area contributed by atoms with Crippen LogP contribution in [-0.4, -0.2) is 63.4 Å². The number of carbonyl (C=O) groups is 1. The SMILES string of the molecule is C[C@@H]1CN(C(=O)N[C@@H]2CCN(c3cnn(C)c3)C2)C[C@H](C)S1. The summed E-state index contributed by atoms with van der Waals surface area (Å²) in [6.07, 6.45) is 4.90. The lowest BCUT2D eigenvalue weighted by Crippen LogP contribution is -2.51. The van der Waals surface area contributed by atoms with Crippen molar-refractivity contribution in [3.05, 3.63) is 12.4 Å². The molecule has 0 saturated carbocycles. The third kappa shape index (κ3) is 3.51. The molecule has 0 radical (unpaired) electrons. The number of anilines is 1. The fourth-order valence-corrected chi connectivity index (χ4v) is 4.62. The zero-order valence-corrected chi connectivity index (χ0v) is 14.3. The van der Waals surface area contributed by atoms with Crippen molar-refractivity contribution in [2.45, 2.75) is 36.8 Å². The maximum absolute atomic E-state index is 12.5. The first kappa shape index (κ1) is 15.5. The maximum Gasteiger partial charge on any atom is 0.317 e. The second-order valence-electron chi connectivity index (χ2n) is 6.42. The molecular formula is C15H25N5OS. The molecule has 0 aliphatic carbocycles. The van der Waals surface area contributed by atoms with Crippen LogP contribution < -0.4 is 10.2 Å². The zero-order valence-electron chi connectivity index (χ0n) is 13.5. The minimum Gasteiger partial charge on any atom is -0.367 e. The van der Waals surface area contributed by atoms with Gasteiger partial charge in [-0.05, 0) is 6.42 Å². The first-order chi connectivity index (χ1) is 10.5. The Morgan fingerprint density at radius 3 is 2.68 bits per heavy atom. The van der Waals surface area contributed by atoms with Gasteiger partial charge in [-0.1, -0.05) is 13.8 Å². The van der Waals surface area contributed by atoms with Gasteiger partial charge in [0.1, 0.15) is 0 Å². The Kier molecular flexibility index (Phi) is 4.52. The van der Waals surface area contributed by atoms with Crippen molar-refractivity contribution in [1.82, 2.24) is 20.0 Å². The van der Waals surface area contributed by atoms with Gasteiger partial charge >= 0.3 is 6.03 Å². The number of nitrogens with zero attached hydrogens (tertiary/aromatic N) is 4. The zero-order chi connectivity index (χ0) is 15.7. The van der Waals surface area contributed by atoms with Crippen LogP contribution >= 0.6 is 11.8 Å². The van der Waals surface area contributed by atoms with Crippen LogP contribution in [-0.2, 0) is 7.05 Å². The van der Waals surface area contributed by atoms with Gasteiger partial charge in [0.25, 0.3) is 0 Å². The minimum absolute atomic E-state index is 0.0945. The molecule has 1 aromatic rings. The van der Waals surface area contributed by atoms with Crippen molar-refractivity contribution in [2.75, 3.05) is 31.1 Å². The van der Waals surface area contributed by atoms with Gasteiger partial charge in [0, 0.05) is 56.0 Å². The Balaban J connectivity index is 1.52. The summed E-state index contributed by atoms with van der Waals surface area (Å²) in [6.45, 7) is 7.92. The summed E-state index contributed by atoms with van der Waals surface area (Å²) in [5.41, 5.74) is 1.14. The van der Waals surface area contributed by atoms with Crippen LogP contribution in [0.2, 0.25) is 0 Å². The van der Waals surface area contributed by atoms with Gasteiger partial charge in [0.15, 0.2) is 0 Å². The smallest absolute Gasteiger partial charge is 0.317 e. The summed E-state index contributed by atoms with van der Waals surface area (Å²) < 4.78 is 1.81. The lowest BCUT2D eigenvalue weighted by atomic mass is 10.2. The molecule has 2 aliphatic rings. The Labute approximate surface area is 136 Å². The molecule has 2 amide bonds. The third-order valence-corrected chi connectivity index (χ3v) is 5.51. The predicted octanol–water partition coefficient (Wildman–Crippen LogP) is 1.53. The lowest BCUT2D eigenvalue weighted by Gasteiger charge is -2.35. The molecule has 2 saturated heterocycles. The van der Waals surface area contributed by atoms with Crippen molar-refractivity contribution >= 4 is 23.5 Å². The molecule has 122 valence electrons. The highest BCUT2D eigenvalue weighted by Gasteiger charge is 2.29. The van der Waals surface area contributed by atoms with E-state index < -0.39 is 0 Å². The molecule has 2 fully saturated rings. The standard InChI is InChI=1S/C15H25N5OS/c1-11-7-20(8-12(2)22-11)15(21)17-13-4-5-19(9-13)14-6-16-18(3)10-14/h6,10-13H,4-5,7-9H2,1-3H3,(H,17,21)/t11-,12+,13-/m1/s1. The molecule has 0 unspecified atom stereocenters. The quantitative estimate of drug-likeness (QED) is 0.897. The van der Waals surface area contributed by atoms with Gasteiger partial charge in [-0.3, -0.25) is 4.68 Å². The monoisotopic (exact) mass is 323 g/mol. The van der Waals surface area contributed by atoms with Crippen LogP contribution in [0.4, 0.5) is 10.5 Å². The molecule has 3 rings (SSSR count). The molecule has 2 aliphatic heterocycles. The molecule has 1 N–H and O–H groups in total. The molecule has 3 heterocycles. The first-order valence-corrected chi connectivity index (χ1v) is 8.90. The summed E-state index contributed by atoms with van der Waals surface area (Å²) >= 11 is 1.97. The normalized spacial score (nSPS) is 29.0. The second-order valence-corrected chi connectivity index (χ2v) is 8.30. The van der Waals surface area contributed by atoms with E-state index in [2.05, 4.69) is 29.2 Å². The number of hydrogen-bond donors (Lipinski definition) is 1. The third-order valence-electron chi connectivity index (χ3n) is 4.28. The van der Waals surface area contributed by atoms with E-state index in [1.807, 2.05) is 40.8 Å². The van der Waals surface area contributed by atoms with Crippen LogP contribution in [0.25, 0.3) is 0 Å². The van der Waals surface area contributed by atoms with Gasteiger partial charge in [-0.2, -0.15) is 16.9 Å². The number of aromatic nitrogens is 2. The number of carbonyl (C=O) groups excluding carboxylic acids is 1. The van der Waals surface area contributed by atoms with E-state index in [1.54, 1.807) is 0 Å². The highest BCUT2D eigenvalue weighted by atomic mass is 32.2. The maximum atomic E-state index is 12.5. The Morgan fingerprint density at radius 1 is 1.32 bits per heavy atom. The fraction of sp³-hybridized carbons (Fsp3) is 0.733. The largest absolute Gasteiger partial charge is 0.367 e. The van der Waals surface area contributed by atoms with Crippen LogP contribution in [0.15, 0.2) is 12.4 Å². The van der Waals surface area contributed by atoms with Crippen molar-refractivity contribution in [3.63, 3.8) is 0 Å². The summed E-state index contributed by atoms with van der Waals surface area (Å²) in [5, 5.41) is 8.46. The van der Waals surface area contributed by atoms with Gasteiger partial charge in [0.05, 0.1) is 11.9 Å². The van der Waals surface area contributed by atoms with Crippen molar-refractivity contribution in [2.24, 2.45) is 7.05 Å². The highest BCUT2D eigenvalue weighted by molar-refractivity contribution is 8.00. The number of hydrogen-bond acceptors (Lipinski definition) is 4. The summed E-state index contributed by atoms with van der Waals surface area (Å²) in [6, 6.07) is 0.324. The van der Waals surface area contributed by atoms with E-state index in [9.17, 15) is 4.79 Å². The predicted molar refractivity (Wildman–Crippen MR) is 90.4 cm³/mol. The van der Waals surface area contributed by atoms with Gasteiger partial charge in [-0.25, -0.2) is 4.79 Å². The summed E-state index contributed by atoms with van der Waals surface area (Å²) in [5.74, 6) is 0. The van der Waals surface area contributed by atoms with Gasteiger partial charge < -0.3 is 15.1 Å². The first-order valence-electron chi connectivity index (χ1n) is 7.95. The minimum atomic E-state index is 0.0945. The topological polar surface area (TPSA) is 53.4 Å². The Hall–Kier alpha value is -1.37. The number of rotatable bonds is 2. The van der Waals surface area contributed by atoms with E-state index in [0.29, 0.717) is 10.5 Å². The van der Waals surface area contributed by atoms with Crippen LogP contribution in [0, 0.1) is 0 Å². The highest BCUT2D eigenvalue weighted by Crippen LogP contribution is 2.25. The molecule has 0 bridgehead atoms. The van der Waals surface area contributed by atoms with E-state index in [0.717, 1.165) is 38.3 Å². The number of aryl methyl sites for hydroxylation is 1. The Morgan fingerprint density at radius 2 is 2.05 bits per heavy atom. The van der Waals surface area contributed by atoms with E-state index in [1.165, 1.54) is 0 Å². The van der Waals surface area contributed by atoms with Crippen molar-refractivity contribution in [3.8, 4) is 0 Å². The van der Waals surface area contributed by atoms with E-state index in [4.69, 9.17) is 0 Å². The van der Waals surface area contributed by atoms with E-state index in [-0.39, 0.29) is 12.1 Å². The van der Waals surface area contributed by atoms with Crippen molar-refractivity contribution < 1.29 is 4.79 Å². The lowest BCUT2D eigenvalue weighted by molar-refractivity contribution is 0.193. The van der Waals surface area contributed by atoms with Crippen LogP contribution in [0.1, 0.15) is 20.3 Å². The molecule has 0 spiro atoms. The molecular weight excluding hydrogens is 298 g/mol. The van der Waals surface area contributed by atoms with E-state index >= 15 is 0 Å². The number of amides is 2. The van der Waals surface area contributed by atoms with Crippen LogP contribution in [0.5, 0.6) is 0 Å². The molecule has 7 heteroatoms. The average molecular weight is 323 g/mol. The van der Waals surface area contributed by atoms with Gasteiger partial charge in [0.2, 0.25) is 0 Å². The summed E-state index contributed by atoms with van der Waals surface area (Å²) in [4.78, 5) is 16.7. The van der Waals surface area contributed by atoms with Gasteiger partial charge in [-0.15, -0.1) is 0 Å². The fourth-order valence-electron chi connectivity index (χ4n) is 3.29. The van der Waals surface area contributed by atoms with Crippen molar-refractivity contribution in [1.29, 1.82) is 0 Å². The summed E-state index contributed by atoms with van der Waals surface area (Å²) in [7, 11) is 1.93. The number of urea groups is 1. The van der Waals surface area contributed by atoms with Crippen LogP contribution in [0.3, 0.4) is 0 Å². The number of thioether (sulfide) groups is 1. The average Bonchev–Trinajstić information content (AvgIpc) is 3.06. The second kappa shape index (κ2) is 6.40. The molecule has 0 aromatic carbocycles.